The molecule has 0 spiro atoms. The number of benzene rings is 1. The molecular weight excluding hydrogens is 294 g/mol. The van der Waals surface area contributed by atoms with Crippen molar-refractivity contribution in [3.63, 3.8) is 0 Å². The first-order chi connectivity index (χ1) is 11.3. The third kappa shape index (κ3) is 3.71. The van der Waals surface area contributed by atoms with Crippen LogP contribution >= 0.6 is 0 Å². The van der Waals surface area contributed by atoms with Gasteiger partial charge in [0.1, 0.15) is 5.69 Å². The number of rotatable bonds is 6. The Hall–Kier alpha value is -2.76. The summed E-state index contributed by atoms with van der Waals surface area (Å²) >= 11 is 0. The van der Waals surface area contributed by atoms with Crippen molar-refractivity contribution in [2.75, 3.05) is 24.0 Å². The topological polar surface area (TPSA) is 72.5 Å². The maximum absolute atomic E-state index is 12.2. The highest BCUT2D eigenvalue weighted by atomic mass is 16.7. The molecule has 0 unspecified atom stereocenters. The average molecular weight is 313 g/mol. The summed E-state index contributed by atoms with van der Waals surface area (Å²) in [5.74, 6) is 1.05. The molecule has 1 aromatic carbocycles. The molecule has 2 aromatic rings. The molecule has 0 atom stereocenters. The molecule has 0 bridgehead atoms. The van der Waals surface area contributed by atoms with Crippen molar-refractivity contribution >= 4 is 17.3 Å². The first kappa shape index (κ1) is 15.1. The molecule has 0 aliphatic carbocycles. The van der Waals surface area contributed by atoms with E-state index in [9.17, 15) is 4.79 Å². The zero-order chi connectivity index (χ0) is 16.1. The zero-order valence-corrected chi connectivity index (χ0v) is 13.0. The summed E-state index contributed by atoms with van der Waals surface area (Å²) in [7, 11) is 0. The second-order valence-electron chi connectivity index (χ2n) is 5.23. The van der Waals surface area contributed by atoms with Gasteiger partial charge in [0, 0.05) is 18.3 Å². The maximum atomic E-state index is 12.2. The molecule has 0 radical (unpaired) electrons. The Kier molecular flexibility index (Phi) is 4.61. The van der Waals surface area contributed by atoms with Crippen molar-refractivity contribution < 1.29 is 14.3 Å². The molecule has 1 aliphatic heterocycles. The van der Waals surface area contributed by atoms with Gasteiger partial charge in [0.05, 0.1) is 11.9 Å². The molecule has 23 heavy (non-hydrogen) atoms. The number of aromatic nitrogens is 1. The van der Waals surface area contributed by atoms with Crippen molar-refractivity contribution in [3.05, 3.63) is 42.2 Å². The van der Waals surface area contributed by atoms with Gasteiger partial charge in [-0.3, -0.25) is 4.79 Å². The zero-order valence-electron chi connectivity index (χ0n) is 13.0. The van der Waals surface area contributed by atoms with Gasteiger partial charge in [-0.15, -0.1) is 0 Å². The molecular formula is C17H19N3O3. The molecule has 1 aromatic heterocycles. The Balaban J connectivity index is 1.61. The van der Waals surface area contributed by atoms with E-state index in [0.717, 1.165) is 25.1 Å². The van der Waals surface area contributed by atoms with Crippen molar-refractivity contribution in [2.45, 2.75) is 19.8 Å². The standard InChI is InChI=1S/C17H19N3O3/c1-2-3-8-18-13-4-6-14(19-10-13)17(21)20-12-5-7-15-16(9-12)23-11-22-15/h4-7,9-10,18H,2-3,8,11H2,1H3,(H,20,21). The van der Waals surface area contributed by atoms with Crippen molar-refractivity contribution in [1.29, 1.82) is 0 Å². The number of nitrogens with zero attached hydrogens (tertiary/aromatic N) is 1. The largest absolute Gasteiger partial charge is 0.454 e. The van der Waals surface area contributed by atoms with Gasteiger partial charge in [0.2, 0.25) is 6.79 Å². The van der Waals surface area contributed by atoms with Crippen LogP contribution in [0, 0.1) is 0 Å². The molecule has 1 amide bonds. The summed E-state index contributed by atoms with van der Waals surface area (Å²) in [6.07, 6.45) is 3.91. The van der Waals surface area contributed by atoms with Crippen LogP contribution in [0.5, 0.6) is 11.5 Å². The number of nitrogens with one attached hydrogen (secondary N) is 2. The lowest BCUT2D eigenvalue weighted by Gasteiger charge is -2.07. The van der Waals surface area contributed by atoms with Crippen LogP contribution in [0.15, 0.2) is 36.5 Å². The number of carbonyl (C=O) groups is 1. The number of anilines is 2. The first-order valence-electron chi connectivity index (χ1n) is 7.67. The normalized spacial score (nSPS) is 12.0. The summed E-state index contributed by atoms with van der Waals surface area (Å²) < 4.78 is 10.5. The Morgan fingerprint density at radius 1 is 1.17 bits per heavy atom. The predicted octanol–water partition coefficient (Wildman–Crippen LogP) is 3.27. The maximum Gasteiger partial charge on any atom is 0.274 e. The molecule has 120 valence electrons. The van der Waals surface area contributed by atoms with Gasteiger partial charge < -0.3 is 20.1 Å². The highest BCUT2D eigenvalue weighted by Gasteiger charge is 2.15. The molecule has 2 heterocycles. The minimum absolute atomic E-state index is 0.209. The van der Waals surface area contributed by atoms with E-state index in [4.69, 9.17) is 9.47 Å². The Morgan fingerprint density at radius 3 is 2.78 bits per heavy atom. The number of fused-ring (bicyclic) bond motifs is 1. The molecule has 0 saturated carbocycles. The van der Waals surface area contributed by atoms with Crippen molar-refractivity contribution in [1.82, 2.24) is 4.98 Å². The Bertz CT molecular complexity index is 686. The molecule has 6 nitrogen and oxygen atoms in total. The summed E-state index contributed by atoms with van der Waals surface area (Å²) in [5.41, 5.74) is 1.92. The Labute approximate surface area is 134 Å². The van der Waals surface area contributed by atoms with Gasteiger partial charge >= 0.3 is 0 Å². The Morgan fingerprint density at radius 2 is 2.00 bits per heavy atom. The van der Waals surface area contributed by atoms with Crippen LogP contribution in [0.3, 0.4) is 0 Å². The predicted molar refractivity (Wildman–Crippen MR) is 88.2 cm³/mol. The second kappa shape index (κ2) is 7.00. The summed E-state index contributed by atoms with van der Waals surface area (Å²) in [4.78, 5) is 16.4. The lowest BCUT2D eigenvalue weighted by molar-refractivity contribution is 0.102. The quantitative estimate of drug-likeness (QED) is 0.801. The van der Waals surface area contributed by atoms with Crippen LogP contribution in [-0.2, 0) is 0 Å². The average Bonchev–Trinajstić information content (AvgIpc) is 3.03. The van der Waals surface area contributed by atoms with E-state index in [0.29, 0.717) is 22.9 Å². The molecule has 0 fully saturated rings. The van der Waals surface area contributed by atoms with E-state index >= 15 is 0 Å². The van der Waals surface area contributed by atoms with Crippen LogP contribution in [0.1, 0.15) is 30.3 Å². The van der Waals surface area contributed by atoms with E-state index in [2.05, 4.69) is 22.5 Å². The van der Waals surface area contributed by atoms with E-state index in [1.807, 2.05) is 6.07 Å². The minimum atomic E-state index is -0.260. The summed E-state index contributed by atoms with van der Waals surface area (Å²) in [6, 6.07) is 8.84. The minimum Gasteiger partial charge on any atom is -0.454 e. The van der Waals surface area contributed by atoms with Gasteiger partial charge in [-0.1, -0.05) is 13.3 Å². The lowest BCUT2D eigenvalue weighted by Crippen LogP contribution is -2.13. The summed E-state index contributed by atoms with van der Waals surface area (Å²) in [5, 5.41) is 6.07. The number of hydrogen-bond donors (Lipinski definition) is 2. The van der Waals surface area contributed by atoms with Crippen LogP contribution in [0.2, 0.25) is 0 Å². The number of ether oxygens (including phenoxy) is 2. The molecule has 2 N–H and O–H groups in total. The monoisotopic (exact) mass is 313 g/mol. The fourth-order valence-electron chi connectivity index (χ4n) is 2.21. The van der Waals surface area contributed by atoms with E-state index < -0.39 is 0 Å². The van der Waals surface area contributed by atoms with Crippen molar-refractivity contribution in [3.8, 4) is 11.5 Å². The van der Waals surface area contributed by atoms with Crippen LogP contribution in [0.25, 0.3) is 0 Å². The third-order valence-corrected chi connectivity index (χ3v) is 3.49. The van der Waals surface area contributed by atoms with Gasteiger partial charge in [-0.2, -0.15) is 0 Å². The highest BCUT2D eigenvalue weighted by Crippen LogP contribution is 2.34. The van der Waals surface area contributed by atoms with Gasteiger partial charge in [-0.25, -0.2) is 4.98 Å². The second-order valence-corrected chi connectivity index (χ2v) is 5.23. The van der Waals surface area contributed by atoms with E-state index in [1.165, 1.54) is 0 Å². The smallest absolute Gasteiger partial charge is 0.274 e. The van der Waals surface area contributed by atoms with E-state index in [-0.39, 0.29) is 12.7 Å². The summed E-state index contributed by atoms with van der Waals surface area (Å²) in [6.45, 7) is 3.26. The number of amides is 1. The molecule has 3 rings (SSSR count). The molecule has 0 saturated heterocycles. The van der Waals surface area contributed by atoms with Crippen LogP contribution in [-0.4, -0.2) is 24.2 Å². The first-order valence-corrected chi connectivity index (χ1v) is 7.67. The number of carbonyl (C=O) groups excluding carboxylic acids is 1. The van der Waals surface area contributed by atoms with Crippen LogP contribution < -0.4 is 20.1 Å². The molecule has 6 heteroatoms. The number of hydrogen-bond acceptors (Lipinski definition) is 5. The lowest BCUT2D eigenvalue weighted by atomic mass is 10.2. The SMILES string of the molecule is CCCCNc1ccc(C(=O)Nc2ccc3c(c2)OCO3)nc1. The van der Waals surface area contributed by atoms with E-state index in [1.54, 1.807) is 30.5 Å². The van der Waals surface area contributed by atoms with Gasteiger partial charge in [0.25, 0.3) is 5.91 Å². The number of unbranched alkanes of at least 4 members (excludes halogenated alkanes) is 1. The number of pyridine rings is 1. The third-order valence-electron chi connectivity index (χ3n) is 3.49. The fourth-order valence-corrected chi connectivity index (χ4v) is 2.21. The van der Waals surface area contributed by atoms with Gasteiger partial charge in [0.15, 0.2) is 11.5 Å². The fraction of sp³-hybridized carbons (Fsp3) is 0.294. The highest BCUT2D eigenvalue weighted by molar-refractivity contribution is 6.03. The molecule has 1 aliphatic rings. The van der Waals surface area contributed by atoms with Crippen LogP contribution in [0.4, 0.5) is 11.4 Å². The van der Waals surface area contributed by atoms with Gasteiger partial charge in [-0.05, 0) is 30.7 Å². The van der Waals surface area contributed by atoms with Crippen molar-refractivity contribution in [2.24, 2.45) is 0 Å².